The molecule has 98 valence electrons. The van der Waals surface area contributed by atoms with Crippen LogP contribution in [0.15, 0.2) is 77.3 Å². The van der Waals surface area contributed by atoms with Crippen LogP contribution in [0.2, 0.25) is 0 Å². The number of para-hydroxylation sites is 2. The quantitative estimate of drug-likeness (QED) is 0.639. The highest BCUT2D eigenvalue weighted by atomic mass is 15.2. The molecule has 0 radical (unpaired) electrons. The van der Waals surface area contributed by atoms with Crippen LogP contribution in [0, 0.1) is 0 Å². The molecule has 0 N–H and O–H groups in total. The van der Waals surface area contributed by atoms with Crippen molar-refractivity contribution >= 4 is 11.4 Å². The Hall–Kier alpha value is -2.72. The molecule has 1 heteroatoms. The molecule has 0 fully saturated rings. The molecule has 0 unspecified atom stereocenters. The second-order valence-corrected chi connectivity index (χ2v) is 5.73. The lowest BCUT2D eigenvalue weighted by atomic mass is 9.86. The van der Waals surface area contributed by atoms with Gasteiger partial charge in [-0.3, -0.25) is 0 Å². The molecule has 2 aromatic rings. The van der Waals surface area contributed by atoms with Crippen LogP contribution in [0.1, 0.15) is 16.7 Å². The summed E-state index contributed by atoms with van der Waals surface area (Å²) in [6.45, 7) is 0. The summed E-state index contributed by atoms with van der Waals surface area (Å²) in [5.74, 6) is 0. The first-order chi connectivity index (χ1) is 10.4. The Balaban J connectivity index is 1.86. The fraction of sp³-hybridized carbons (Fsp3) is 0.100. The van der Waals surface area contributed by atoms with Crippen molar-refractivity contribution in [3.05, 3.63) is 94.0 Å². The highest BCUT2D eigenvalue weighted by Gasteiger charge is 2.31. The number of fused-ring (bicyclic) bond motifs is 3. The minimum atomic E-state index is 0.988. The van der Waals surface area contributed by atoms with Crippen LogP contribution in [-0.2, 0) is 12.8 Å². The minimum absolute atomic E-state index is 0.988. The molecule has 2 aliphatic heterocycles. The maximum absolute atomic E-state index is 3.12. The summed E-state index contributed by atoms with van der Waals surface area (Å²) in [6, 6.07) is 15.4. The van der Waals surface area contributed by atoms with Crippen molar-refractivity contribution in [1.29, 1.82) is 0 Å². The highest BCUT2D eigenvalue weighted by molar-refractivity contribution is 5.84. The summed E-state index contributed by atoms with van der Waals surface area (Å²) in [6.07, 6.45) is 6.15. The van der Waals surface area contributed by atoms with Crippen molar-refractivity contribution in [2.45, 2.75) is 12.8 Å². The zero-order valence-electron chi connectivity index (χ0n) is 11.6. The third kappa shape index (κ3) is 1.42. The molecule has 2 heterocycles. The Bertz CT molecular complexity index is 917. The van der Waals surface area contributed by atoms with Gasteiger partial charge in [0.05, 0.1) is 11.4 Å². The maximum atomic E-state index is 3.12. The second-order valence-electron chi connectivity index (χ2n) is 5.73. The zero-order chi connectivity index (χ0) is 13.8. The summed E-state index contributed by atoms with van der Waals surface area (Å²) >= 11 is 0. The molecule has 3 aliphatic rings. The lowest BCUT2D eigenvalue weighted by molar-refractivity contribution is 0.976. The zero-order valence-corrected chi connectivity index (χ0v) is 11.6. The Morgan fingerprint density at radius 3 is 2.48 bits per heavy atom. The first-order valence-corrected chi connectivity index (χ1v) is 7.31. The van der Waals surface area contributed by atoms with Gasteiger partial charge in [-0.25, -0.2) is 0 Å². The van der Waals surface area contributed by atoms with E-state index in [0.29, 0.717) is 0 Å². The van der Waals surface area contributed by atoms with Crippen LogP contribution in [0.25, 0.3) is 0 Å². The van der Waals surface area contributed by atoms with Gasteiger partial charge in [0, 0.05) is 24.6 Å². The van der Waals surface area contributed by atoms with E-state index < -0.39 is 0 Å². The van der Waals surface area contributed by atoms with E-state index in [1.165, 1.54) is 39.3 Å². The largest absolute Gasteiger partial charge is 0.309 e. The topological polar surface area (TPSA) is 3.24 Å². The van der Waals surface area contributed by atoms with Crippen molar-refractivity contribution in [3.63, 3.8) is 0 Å². The monoisotopic (exact) mass is 267 g/mol. The van der Waals surface area contributed by atoms with Crippen molar-refractivity contribution in [3.8, 4) is 0 Å². The summed E-state index contributed by atoms with van der Waals surface area (Å²) in [4.78, 5) is 2.41. The fourth-order valence-corrected chi connectivity index (χ4v) is 3.63. The molecule has 5 rings (SSSR count). The van der Waals surface area contributed by atoms with Crippen LogP contribution in [-0.4, -0.2) is 0 Å². The van der Waals surface area contributed by atoms with Gasteiger partial charge in [0.15, 0.2) is 0 Å². The number of rotatable bonds is 0. The molecule has 1 aliphatic carbocycles. The third-order valence-corrected chi connectivity index (χ3v) is 4.53. The smallest absolute Gasteiger partial charge is 0.0587 e. The lowest BCUT2D eigenvalue weighted by Gasteiger charge is -2.39. The Kier molecular flexibility index (Phi) is 2.04. The van der Waals surface area contributed by atoms with Gasteiger partial charge >= 0.3 is 0 Å². The lowest BCUT2D eigenvalue weighted by Crippen LogP contribution is -2.28. The summed E-state index contributed by atoms with van der Waals surface area (Å²) in [7, 11) is 0. The van der Waals surface area contributed by atoms with Gasteiger partial charge in [-0.15, -0.1) is 0 Å². The molecule has 0 spiro atoms. The number of allylic oxidation sites excluding steroid dienone is 3. The Labute approximate surface area is 123 Å². The number of benzene rings is 2. The number of nitrogens with zero attached hydrogens (tertiary/aromatic N) is 1. The standard InChI is InChI=1S/C20H13N/c1-3-10-18-14(6-1)12-16-8-5-9-17-13-15-7-2-4-11-19(15)21(18)20(16)17/h1,3,5-11H,12-13H2. The Morgan fingerprint density at radius 1 is 0.762 bits per heavy atom. The summed E-state index contributed by atoms with van der Waals surface area (Å²) in [5.41, 5.74) is 15.7. The van der Waals surface area contributed by atoms with Crippen LogP contribution < -0.4 is 4.90 Å². The molecule has 0 saturated heterocycles. The molecule has 0 saturated carbocycles. The van der Waals surface area contributed by atoms with Gasteiger partial charge < -0.3 is 4.90 Å². The number of hydrogen-bond donors (Lipinski definition) is 0. The van der Waals surface area contributed by atoms with Crippen LogP contribution in [0.5, 0.6) is 0 Å². The molecule has 1 nitrogen and oxygen atoms in total. The van der Waals surface area contributed by atoms with Gasteiger partial charge in [0.2, 0.25) is 0 Å². The predicted octanol–water partition coefficient (Wildman–Crippen LogP) is 4.42. The van der Waals surface area contributed by atoms with Crippen LogP contribution >= 0.6 is 0 Å². The molecule has 21 heavy (non-hydrogen) atoms. The van der Waals surface area contributed by atoms with Crippen molar-refractivity contribution in [2.24, 2.45) is 0 Å². The van der Waals surface area contributed by atoms with Gasteiger partial charge in [-0.2, -0.15) is 0 Å². The normalized spacial score (nSPS) is 16.7. The molecule has 0 aromatic heterocycles. The molecule has 2 aromatic carbocycles. The first kappa shape index (κ1) is 11.0. The average molecular weight is 267 g/mol. The van der Waals surface area contributed by atoms with E-state index in [0.717, 1.165) is 12.8 Å². The van der Waals surface area contributed by atoms with E-state index in [4.69, 9.17) is 0 Å². The third-order valence-electron chi connectivity index (χ3n) is 4.53. The molecular formula is C20H13N. The van der Waals surface area contributed by atoms with Gasteiger partial charge in [0.1, 0.15) is 0 Å². The van der Waals surface area contributed by atoms with Crippen LogP contribution in [0.4, 0.5) is 11.4 Å². The van der Waals surface area contributed by atoms with E-state index in [-0.39, 0.29) is 0 Å². The average Bonchev–Trinajstić information content (AvgIpc) is 2.54. The minimum Gasteiger partial charge on any atom is -0.309 e. The SMILES string of the molecule is C1=C=CC2=C(C=1)Cc1cccc3c1N2c1ccccc1C3. The van der Waals surface area contributed by atoms with Crippen molar-refractivity contribution in [2.75, 3.05) is 4.90 Å². The molecular weight excluding hydrogens is 254 g/mol. The van der Waals surface area contributed by atoms with E-state index in [9.17, 15) is 0 Å². The highest BCUT2D eigenvalue weighted by Crippen LogP contribution is 2.47. The van der Waals surface area contributed by atoms with Crippen molar-refractivity contribution < 1.29 is 0 Å². The van der Waals surface area contributed by atoms with E-state index in [1.54, 1.807) is 0 Å². The molecule has 0 atom stereocenters. The summed E-state index contributed by atoms with van der Waals surface area (Å²) in [5, 5.41) is 0. The second kappa shape index (κ2) is 3.90. The van der Waals surface area contributed by atoms with Crippen molar-refractivity contribution in [1.82, 2.24) is 0 Å². The number of anilines is 2. The van der Waals surface area contributed by atoms with Gasteiger partial charge in [-0.1, -0.05) is 47.9 Å². The molecule has 0 bridgehead atoms. The van der Waals surface area contributed by atoms with E-state index in [1.807, 2.05) is 0 Å². The first-order valence-electron chi connectivity index (χ1n) is 7.31. The molecule has 0 amide bonds. The van der Waals surface area contributed by atoms with Gasteiger partial charge in [-0.05, 0) is 34.4 Å². The fourth-order valence-electron chi connectivity index (χ4n) is 3.63. The maximum Gasteiger partial charge on any atom is 0.0587 e. The van der Waals surface area contributed by atoms with Gasteiger partial charge in [0.25, 0.3) is 0 Å². The van der Waals surface area contributed by atoms with E-state index >= 15 is 0 Å². The van der Waals surface area contributed by atoms with E-state index in [2.05, 4.69) is 71.0 Å². The predicted molar refractivity (Wildman–Crippen MR) is 84.7 cm³/mol. The Morgan fingerprint density at radius 2 is 1.52 bits per heavy atom. The summed E-state index contributed by atoms with van der Waals surface area (Å²) < 4.78 is 0. The number of hydrogen-bond acceptors (Lipinski definition) is 1. The van der Waals surface area contributed by atoms with Crippen LogP contribution in [0.3, 0.4) is 0 Å².